The molecule has 2 amide bonds. The summed E-state index contributed by atoms with van der Waals surface area (Å²) in [6, 6.07) is 18.7. The van der Waals surface area contributed by atoms with Crippen molar-refractivity contribution in [1.29, 1.82) is 0 Å². The minimum Gasteiger partial charge on any atom is -0.493 e. The van der Waals surface area contributed by atoms with Gasteiger partial charge in [0.2, 0.25) is 11.8 Å². The molecular weight excluding hydrogens is 578 g/mol. The predicted molar refractivity (Wildman–Crippen MR) is 174 cm³/mol. The van der Waals surface area contributed by atoms with Crippen LogP contribution in [-0.2, 0) is 26.0 Å². The number of benzene rings is 3. The topological polar surface area (TPSA) is 105 Å². The van der Waals surface area contributed by atoms with Gasteiger partial charge in [0.05, 0.1) is 24.8 Å². The largest absolute Gasteiger partial charge is 0.493 e. The van der Waals surface area contributed by atoms with Gasteiger partial charge in [-0.2, -0.15) is 0 Å². The molecule has 10 heteroatoms. The molecule has 238 valence electrons. The smallest absolute Gasteiger partial charge is 0.264 e. The van der Waals surface area contributed by atoms with Gasteiger partial charge in [-0.05, 0) is 73.6 Å². The van der Waals surface area contributed by atoms with Crippen LogP contribution in [0.25, 0.3) is 0 Å². The number of hydrogen-bond donors (Lipinski definition) is 1. The van der Waals surface area contributed by atoms with Crippen molar-refractivity contribution in [1.82, 2.24) is 10.2 Å². The molecule has 3 aromatic rings. The molecule has 0 heterocycles. The second kappa shape index (κ2) is 15.6. The van der Waals surface area contributed by atoms with Gasteiger partial charge < -0.3 is 19.7 Å². The molecule has 0 radical (unpaired) electrons. The lowest BCUT2D eigenvalue weighted by molar-refractivity contribution is -0.139. The lowest BCUT2D eigenvalue weighted by Gasteiger charge is -2.33. The third kappa shape index (κ3) is 8.75. The summed E-state index contributed by atoms with van der Waals surface area (Å²) >= 11 is 0. The Hall–Kier alpha value is -4.05. The first kappa shape index (κ1) is 34.4. The van der Waals surface area contributed by atoms with E-state index in [1.165, 1.54) is 37.3 Å². The Bertz CT molecular complexity index is 1500. The van der Waals surface area contributed by atoms with E-state index < -0.39 is 28.5 Å². The van der Waals surface area contributed by atoms with Gasteiger partial charge in [-0.15, -0.1) is 0 Å². The number of carbonyl (C=O) groups excluding carboxylic acids is 2. The molecule has 0 saturated heterocycles. The summed E-state index contributed by atoms with van der Waals surface area (Å²) in [7, 11) is -1.37. The van der Waals surface area contributed by atoms with Crippen LogP contribution >= 0.6 is 0 Å². The number of carbonyl (C=O) groups is 2. The van der Waals surface area contributed by atoms with Crippen molar-refractivity contribution in [3.8, 4) is 11.5 Å². The Morgan fingerprint density at radius 2 is 1.52 bits per heavy atom. The number of methoxy groups -OCH3 is 2. The second-order valence-corrected chi connectivity index (χ2v) is 13.1. The molecule has 0 fully saturated rings. The Balaban J connectivity index is 2.08. The summed E-state index contributed by atoms with van der Waals surface area (Å²) in [5.41, 5.74) is 3.05. The molecule has 0 bridgehead atoms. The van der Waals surface area contributed by atoms with Crippen LogP contribution in [0, 0.1) is 19.8 Å². The zero-order valence-electron chi connectivity index (χ0n) is 26.8. The lowest BCUT2D eigenvalue weighted by Crippen LogP contribution is -2.53. The first-order valence-electron chi connectivity index (χ1n) is 14.8. The van der Waals surface area contributed by atoms with Crippen LogP contribution < -0.4 is 19.1 Å². The van der Waals surface area contributed by atoms with Crippen molar-refractivity contribution in [2.75, 3.05) is 38.2 Å². The van der Waals surface area contributed by atoms with E-state index in [1.807, 2.05) is 71.0 Å². The van der Waals surface area contributed by atoms with E-state index >= 15 is 0 Å². The molecular formula is C34H45N3O6S. The molecule has 0 unspecified atom stereocenters. The van der Waals surface area contributed by atoms with Crippen LogP contribution in [-0.4, -0.2) is 65.0 Å². The van der Waals surface area contributed by atoms with E-state index in [-0.39, 0.29) is 29.0 Å². The zero-order valence-corrected chi connectivity index (χ0v) is 27.6. The Kier molecular flexibility index (Phi) is 12.2. The van der Waals surface area contributed by atoms with Crippen molar-refractivity contribution in [2.45, 2.75) is 58.4 Å². The maximum atomic E-state index is 14.3. The van der Waals surface area contributed by atoms with Crippen molar-refractivity contribution in [2.24, 2.45) is 5.92 Å². The first-order chi connectivity index (χ1) is 20.9. The highest BCUT2D eigenvalue weighted by Crippen LogP contribution is 2.33. The number of rotatable bonds is 15. The third-order valence-corrected chi connectivity index (χ3v) is 9.04. The Morgan fingerprint density at radius 1 is 0.886 bits per heavy atom. The number of hydrogen-bond acceptors (Lipinski definition) is 6. The summed E-state index contributed by atoms with van der Waals surface area (Å²) in [4.78, 5) is 29.1. The normalized spacial score (nSPS) is 12.0. The van der Waals surface area contributed by atoms with Gasteiger partial charge in [0.15, 0.2) is 11.5 Å². The maximum absolute atomic E-state index is 14.3. The monoisotopic (exact) mass is 623 g/mol. The van der Waals surface area contributed by atoms with Crippen LogP contribution in [0.5, 0.6) is 11.5 Å². The number of sulfonamides is 1. The zero-order chi connectivity index (χ0) is 32.4. The summed E-state index contributed by atoms with van der Waals surface area (Å²) in [6.45, 7) is 9.81. The molecule has 0 spiro atoms. The van der Waals surface area contributed by atoms with Gasteiger partial charge in [-0.3, -0.25) is 13.9 Å². The average molecular weight is 624 g/mol. The molecule has 9 nitrogen and oxygen atoms in total. The number of anilines is 1. The van der Waals surface area contributed by atoms with E-state index in [0.29, 0.717) is 30.8 Å². The number of amides is 2. The van der Waals surface area contributed by atoms with Crippen LogP contribution in [0.4, 0.5) is 5.69 Å². The van der Waals surface area contributed by atoms with E-state index in [1.54, 1.807) is 12.1 Å². The molecule has 0 aromatic heterocycles. The summed E-state index contributed by atoms with van der Waals surface area (Å²) < 4.78 is 40.4. The predicted octanol–water partition coefficient (Wildman–Crippen LogP) is 5.14. The molecule has 3 rings (SSSR count). The first-order valence-corrected chi connectivity index (χ1v) is 16.3. The highest BCUT2D eigenvalue weighted by Gasteiger charge is 2.34. The van der Waals surface area contributed by atoms with Gasteiger partial charge in [0, 0.05) is 19.2 Å². The minimum absolute atomic E-state index is 0.0559. The number of ether oxygens (including phenoxy) is 2. The van der Waals surface area contributed by atoms with E-state index in [4.69, 9.17) is 9.47 Å². The third-order valence-electron chi connectivity index (χ3n) is 7.27. The molecule has 0 aliphatic carbocycles. The van der Waals surface area contributed by atoms with Crippen molar-refractivity contribution < 1.29 is 27.5 Å². The van der Waals surface area contributed by atoms with Crippen molar-refractivity contribution in [3.63, 3.8) is 0 Å². The van der Waals surface area contributed by atoms with Gasteiger partial charge in [0.25, 0.3) is 10.0 Å². The van der Waals surface area contributed by atoms with Crippen molar-refractivity contribution >= 4 is 27.5 Å². The molecule has 1 N–H and O–H groups in total. The molecule has 0 aliphatic rings. The molecule has 3 aromatic carbocycles. The van der Waals surface area contributed by atoms with Crippen LogP contribution in [0.2, 0.25) is 0 Å². The van der Waals surface area contributed by atoms with Crippen molar-refractivity contribution in [3.05, 3.63) is 83.4 Å². The van der Waals surface area contributed by atoms with Gasteiger partial charge in [-0.1, -0.05) is 57.2 Å². The fourth-order valence-corrected chi connectivity index (χ4v) is 6.46. The van der Waals surface area contributed by atoms with E-state index in [2.05, 4.69) is 5.32 Å². The standard InChI is InChI=1S/C34H45N3O6S/c1-8-30(34(39)35-22-24(2)3)36(17-16-27-12-10-9-11-13-27)33(38)23-37(28-19-25(4)18-26(5)20-28)44(40,41)29-14-15-31(42-6)32(21-29)43-7/h9-15,18-21,24,30H,8,16-17,22-23H2,1-7H3,(H,35,39)/t30-/m1/s1. The SMILES string of the molecule is CC[C@H](C(=O)NCC(C)C)N(CCc1ccccc1)C(=O)CN(c1cc(C)cc(C)c1)S(=O)(=O)c1ccc(OC)c(OC)c1. The van der Waals surface area contributed by atoms with Gasteiger partial charge in [0.1, 0.15) is 12.6 Å². The molecule has 44 heavy (non-hydrogen) atoms. The van der Waals surface area contributed by atoms with E-state index in [0.717, 1.165) is 21.0 Å². The molecule has 1 atom stereocenters. The molecule has 0 saturated carbocycles. The Labute approximate surface area is 262 Å². The number of nitrogens with one attached hydrogen (secondary N) is 1. The fraction of sp³-hybridized carbons (Fsp3) is 0.412. The second-order valence-electron chi connectivity index (χ2n) is 11.3. The van der Waals surface area contributed by atoms with Crippen LogP contribution in [0.1, 0.15) is 43.9 Å². The number of nitrogens with zero attached hydrogens (tertiary/aromatic N) is 2. The minimum atomic E-state index is -4.27. The number of aryl methyl sites for hydroxylation is 2. The summed E-state index contributed by atoms with van der Waals surface area (Å²) in [5, 5.41) is 2.96. The van der Waals surface area contributed by atoms with Gasteiger partial charge in [-0.25, -0.2) is 8.42 Å². The lowest BCUT2D eigenvalue weighted by atomic mass is 10.1. The quantitative estimate of drug-likeness (QED) is 0.252. The summed E-state index contributed by atoms with van der Waals surface area (Å²) in [6.07, 6.45) is 0.878. The fourth-order valence-electron chi connectivity index (χ4n) is 5.05. The van der Waals surface area contributed by atoms with Crippen LogP contribution in [0.15, 0.2) is 71.6 Å². The molecule has 0 aliphatic heterocycles. The van der Waals surface area contributed by atoms with Crippen LogP contribution in [0.3, 0.4) is 0 Å². The highest BCUT2D eigenvalue weighted by molar-refractivity contribution is 7.92. The van der Waals surface area contributed by atoms with Gasteiger partial charge >= 0.3 is 0 Å². The summed E-state index contributed by atoms with van der Waals surface area (Å²) in [5.74, 6) is 0.124. The average Bonchev–Trinajstić information content (AvgIpc) is 3.00. The highest BCUT2D eigenvalue weighted by atomic mass is 32.2. The van der Waals surface area contributed by atoms with E-state index in [9.17, 15) is 18.0 Å². The Morgan fingerprint density at radius 3 is 2.09 bits per heavy atom. The maximum Gasteiger partial charge on any atom is 0.264 e.